The van der Waals surface area contributed by atoms with Gasteiger partial charge in [0.1, 0.15) is 5.15 Å². The van der Waals surface area contributed by atoms with E-state index in [4.69, 9.17) is 11.6 Å². The second-order valence-electron chi connectivity index (χ2n) is 5.47. The van der Waals surface area contributed by atoms with E-state index in [1.54, 1.807) is 4.68 Å². The molecule has 114 valence electrons. The van der Waals surface area contributed by atoms with Crippen molar-refractivity contribution in [1.82, 2.24) is 20.0 Å². The third-order valence-electron chi connectivity index (χ3n) is 4.07. The molecule has 0 aromatic carbocycles. The Morgan fingerprint density at radius 1 is 1.50 bits per heavy atom. The van der Waals surface area contributed by atoms with Gasteiger partial charge in [0.25, 0.3) is 0 Å². The van der Waals surface area contributed by atoms with Crippen molar-refractivity contribution in [1.29, 1.82) is 0 Å². The molecular formula is C14H25ClN4S. The minimum absolute atomic E-state index is 0.429. The number of nitrogens with one attached hydrogen (secondary N) is 1. The highest BCUT2D eigenvalue weighted by Crippen LogP contribution is 2.24. The molecule has 1 aliphatic rings. The van der Waals surface area contributed by atoms with Crippen LogP contribution >= 0.6 is 23.4 Å². The van der Waals surface area contributed by atoms with Crippen molar-refractivity contribution in [3.8, 4) is 0 Å². The fourth-order valence-electron chi connectivity index (χ4n) is 2.86. The van der Waals surface area contributed by atoms with Gasteiger partial charge < -0.3 is 10.2 Å². The van der Waals surface area contributed by atoms with Crippen molar-refractivity contribution in [2.45, 2.75) is 32.4 Å². The lowest BCUT2D eigenvalue weighted by Gasteiger charge is -2.38. The van der Waals surface area contributed by atoms with Gasteiger partial charge in [0.2, 0.25) is 0 Å². The maximum atomic E-state index is 6.39. The molecular weight excluding hydrogens is 292 g/mol. The summed E-state index contributed by atoms with van der Waals surface area (Å²) in [5, 5.41) is 8.84. The number of aryl methyl sites for hydroxylation is 2. The smallest absolute Gasteiger partial charge is 0.130 e. The van der Waals surface area contributed by atoms with E-state index in [0.29, 0.717) is 12.1 Å². The van der Waals surface area contributed by atoms with Crippen LogP contribution in [-0.2, 0) is 13.5 Å². The summed E-state index contributed by atoms with van der Waals surface area (Å²) in [4.78, 5) is 2.48. The number of rotatable bonds is 5. The van der Waals surface area contributed by atoms with E-state index < -0.39 is 0 Å². The summed E-state index contributed by atoms with van der Waals surface area (Å²) in [5.74, 6) is 2.42. The largest absolute Gasteiger partial charge is 0.312 e. The molecule has 1 fully saturated rings. The fourth-order valence-corrected chi connectivity index (χ4v) is 4.42. The number of halogens is 1. The monoisotopic (exact) mass is 316 g/mol. The molecule has 0 saturated carbocycles. The summed E-state index contributed by atoms with van der Waals surface area (Å²) >= 11 is 8.44. The highest BCUT2D eigenvalue weighted by atomic mass is 35.5. The van der Waals surface area contributed by atoms with Gasteiger partial charge in [0, 0.05) is 42.7 Å². The third-order valence-corrected chi connectivity index (χ3v) is 5.59. The molecule has 2 atom stereocenters. The lowest BCUT2D eigenvalue weighted by atomic mass is 9.99. The summed E-state index contributed by atoms with van der Waals surface area (Å²) < 4.78 is 1.77. The number of likely N-dealkylation sites (N-methyl/N-ethyl adjacent to an activating group) is 2. The molecule has 4 nitrogen and oxygen atoms in total. The van der Waals surface area contributed by atoms with Crippen LogP contribution in [0.3, 0.4) is 0 Å². The Labute approximate surface area is 131 Å². The van der Waals surface area contributed by atoms with Crippen LogP contribution in [0.4, 0.5) is 0 Å². The number of hydrogen-bond donors (Lipinski definition) is 1. The van der Waals surface area contributed by atoms with Crippen LogP contribution in [0.2, 0.25) is 5.15 Å². The van der Waals surface area contributed by atoms with Crippen molar-refractivity contribution in [2.24, 2.45) is 7.05 Å². The molecule has 6 heteroatoms. The minimum Gasteiger partial charge on any atom is -0.312 e. The van der Waals surface area contributed by atoms with E-state index in [1.807, 2.05) is 25.7 Å². The molecule has 2 heterocycles. The predicted molar refractivity (Wildman–Crippen MR) is 87.9 cm³/mol. The van der Waals surface area contributed by atoms with E-state index in [2.05, 4.69) is 29.3 Å². The van der Waals surface area contributed by atoms with Gasteiger partial charge in [-0.15, -0.1) is 0 Å². The molecule has 0 radical (unpaired) electrons. The molecule has 1 aromatic heterocycles. The average Bonchev–Trinajstić information content (AvgIpc) is 2.65. The Balaban J connectivity index is 2.16. The van der Waals surface area contributed by atoms with Crippen molar-refractivity contribution in [3.63, 3.8) is 0 Å². The molecule has 0 spiro atoms. The Bertz CT molecular complexity index is 449. The Morgan fingerprint density at radius 3 is 2.80 bits per heavy atom. The summed E-state index contributed by atoms with van der Waals surface area (Å²) in [6.07, 6.45) is 0.946. The maximum absolute atomic E-state index is 6.39. The van der Waals surface area contributed by atoms with E-state index in [0.717, 1.165) is 30.4 Å². The highest BCUT2D eigenvalue weighted by molar-refractivity contribution is 7.99. The Morgan fingerprint density at radius 2 is 2.25 bits per heavy atom. The van der Waals surface area contributed by atoms with Gasteiger partial charge in [-0.3, -0.25) is 4.68 Å². The highest BCUT2D eigenvalue weighted by Gasteiger charge is 2.29. The molecule has 0 bridgehead atoms. The summed E-state index contributed by atoms with van der Waals surface area (Å²) in [6.45, 7) is 6.36. The molecule has 0 aliphatic carbocycles. The van der Waals surface area contributed by atoms with Gasteiger partial charge in [-0.25, -0.2) is 0 Å². The average molecular weight is 317 g/mol. The van der Waals surface area contributed by atoms with Gasteiger partial charge in [-0.1, -0.05) is 18.5 Å². The fraction of sp³-hybridized carbons (Fsp3) is 0.786. The summed E-state index contributed by atoms with van der Waals surface area (Å²) in [6, 6.07) is 0.988. The van der Waals surface area contributed by atoms with E-state index in [1.165, 1.54) is 17.1 Å². The lowest BCUT2D eigenvalue weighted by molar-refractivity contribution is 0.215. The van der Waals surface area contributed by atoms with Crippen LogP contribution in [0.15, 0.2) is 0 Å². The number of aromatic nitrogens is 2. The minimum atomic E-state index is 0.429. The zero-order valence-corrected chi connectivity index (χ0v) is 14.4. The molecule has 1 saturated heterocycles. The van der Waals surface area contributed by atoms with Gasteiger partial charge in [0.15, 0.2) is 0 Å². The van der Waals surface area contributed by atoms with Crippen LogP contribution in [0.1, 0.15) is 18.2 Å². The molecule has 1 aromatic rings. The molecule has 20 heavy (non-hydrogen) atoms. The number of nitrogens with zero attached hydrogens (tertiary/aromatic N) is 3. The van der Waals surface area contributed by atoms with Crippen molar-refractivity contribution < 1.29 is 0 Å². The third kappa shape index (κ3) is 3.50. The molecule has 0 amide bonds. The Kier molecular flexibility index (Phi) is 5.78. The first-order chi connectivity index (χ1) is 9.54. The van der Waals surface area contributed by atoms with Gasteiger partial charge in [-0.2, -0.15) is 16.9 Å². The van der Waals surface area contributed by atoms with Crippen LogP contribution in [0.5, 0.6) is 0 Å². The van der Waals surface area contributed by atoms with Crippen LogP contribution in [0, 0.1) is 6.92 Å². The van der Waals surface area contributed by atoms with Crippen LogP contribution < -0.4 is 5.32 Å². The maximum Gasteiger partial charge on any atom is 0.130 e. The van der Waals surface area contributed by atoms with Crippen molar-refractivity contribution in [2.75, 3.05) is 31.6 Å². The van der Waals surface area contributed by atoms with E-state index >= 15 is 0 Å². The first-order valence-electron chi connectivity index (χ1n) is 7.24. The molecule has 1 N–H and O–H groups in total. The Hall–Kier alpha value is -0.230. The molecule has 1 aliphatic heterocycles. The van der Waals surface area contributed by atoms with E-state index in [-0.39, 0.29) is 0 Å². The topological polar surface area (TPSA) is 33.1 Å². The van der Waals surface area contributed by atoms with E-state index in [9.17, 15) is 0 Å². The second-order valence-corrected chi connectivity index (χ2v) is 6.98. The van der Waals surface area contributed by atoms with Gasteiger partial charge in [-0.05, 0) is 26.9 Å². The summed E-state index contributed by atoms with van der Waals surface area (Å²) in [5.41, 5.74) is 2.23. The standard InChI is InChI=1S/C14H25ClN4S/c1-5-16-12(13-9-20-7-6-18(13)3)8-11-10(2)17-19(4)14(11)15/h12-13,16H,5-9H2,1-4H3. The quantitative estimate of drug-likeness (QED) is 0.900. The van der Waals surface area contributed by atoms with Crippen molar-refractivity contribution >= 4 is 23.4 Å². The zero-order chi connectivity index (χ0) is 14.7. The SMILES string of the molecule is CCNC(Cc1c(C)nn(C)c1Cl)C1CSCCN1C. The van der Waals surface area contributed by atoms with Gasteiger partial charge >= 0.3 is 0 Å². The second kappa shape index (κ2) is 7.16. The van der Waals surface area contributed by atoms with Crippen molar-refractivity contribution in [3.05, 3.63) is 16.4 Å². The lowest BCUT2D eigenvalue weighted by Crippen LogP contribution is -2.53. The first kappa shape index (κ1) is 16.1. The number of thioether (sulfide) groups is 1. The van der Waals surface area contributed by atoms with Crippen LogP contribution in [-0.4, -0.2) is 58.4 Å². The zero-order valence-electron chi connectivity index (χ0n) is 12.8. The molecule has 2 unspecified atom stereocenters. The predicted octanol–water partition coefficient (Wildman–Crippen LogP) is 1.95. The first-order valence-corrected chi connectivity index (χ1v) is 8.77. The normalized spacial score (nSPS) is 22.1. The summed E-state index contributed by atoms with van der Waals surface area (Å²) in [7, 11) is 4.14. The molecule has 2 rings (SSSR count). The van der Waals surface area contributed by atoms with Crippen LogP contribution in [0.25, 0.3) is 0 Å². The van der Waals surface area contributed by atoms with Gasteiger partial charge in [0.05, 0.1) is 5.69 Å². The number of hydrogen-bond acceptors (Lipinski definition) is 4.